The highest BCUT2D eigenvalue weighted by atomic mass is 15.2. The van der Waals surface area contributed by atoms with Gasteiger partial charge >= 0.3 is 0 Å². The summed E-state index contributed by atoms with van der Waals surface area (Å²) in [4.78, 5) is 2.50. The number of hydrogen-bond donors (Lipinski definition) is 0. The van der Waals surface area contributed by atoms with E-state index in [1.807, 2.05) is 0 Å². The van der Waals surface area contributed by atoms with Gasteiger partial charge in [0.25, 0.3) is 0 Å². The van der Waals surface area contributed by atoms with Gasteiger partial charge in [0.15, 0.2) is 0 Å². The topological polar surface area (TPSA) is 3.24 Å². The SMILES string of the molecule is CC(C)C(C)C(C)C(C)N(C)C(C)(C)C. The zero-order chi connectivity index (χ0) is 12.4. The largest absolute Gasteiger partial charge is 0.299 e. The molecule has 0 aliphatic carbocycles. The fourth-order valence-electron chi connectivity index (χ4n) is 2.01. The normalized spacial score (nSPS) is 19.4. The number of rotatable bonds is 4. The van der Waals surface area contributed by atoms with E-state index in [1.165, 1.54) is 0 Å². The third kappa shape index (κ3) is 4.14. The second-order valence-corrected chi connectivity index (χ2v) is 6.48. The predicted molar refractivity (Wildman–Crippen MR) is 70.1 cm³/mol. The molecule has 92 valence electrons. The molecule has 3 unspecified atom stereocenters. The lowest BCUT2D eigenvalue weighted by molar-refractivity contribution is 0.0666. The summed E-state index contributed by atoms with van der Waals surface area (Å²) in [5, 5.41) is 0. The van der Waals surface area contributed by atoms with Gasteiger partial charge in [0.05, 0.1) is 0 Å². The van der Waals surface area contributed by atoms with Crippen LogP contribution in [0.25, 0.3) is 0 Å². The third-order valence-corrected chi connectivity index (χ3v) is 4.31. The van der Waals surface area contributed by atoms with Crippen LogP contribution in [0.5, 0.6) is 0 Å². The van der Waals surface area contributed by atoms with Crippen molar-refractivity contribution in [3.05, 3.63) is 0 Å². The van der Waals surface area contributed by atoms with Crippen molar-refractivity contribution >= 4 is 0 Å². The third-order valence-electron chi connectivity index (χ3n) is 4.31. The molecule has 0 aromatic carbocycles. The Kier molecular flexibility index (Phi) is 5.32. The van der Waals surface area contributed by atoms with E-state index in [0.717, 1.165) is 17.8 Å². The molecular formula is C14H31N. The van der Waals surface area contributed by atoms with E-state index in [-0.39, 0.29) is 5.54 Å². The highest BCUT2D eigenvalue weighted by molar-refractivity contribution is 4.83. The van der Waals surface area contributed by atoms with E-state index in [0.29, 0.717) is 6.04 Å². The zero-order valence-corrected chi connectivity index (χ0v) is 12.3. The van der Waals surface area contributed by atoms with Crippen LogP contribution in [0.4, 0.5) is 0 Å². The summed E-state index contributed by atoms with van der Waals surface area (Å²) in [5.74, 6) is 2.30. The highest BCUT2D eigenvalue weighted by Gasteiger charge is 2.29. The van der Waals surface area contributed by atoms with Gasteiger partial charge in [0, 0.05) is 11.6 Å². The molecule has 0 rings (SSSR count). The monoisotopic (exact) mass is 213 g/mol. The molecule has 0 heterocycles. The van der Waals surface area contributed by atoms with Gasteiger partial charge in [-0.05, 0) is 52.5 Å². The van der Waals surface area contributed by atoms with Crippen molar-refractivity contribution in [3.63, 3.8) is 0 Å². The maximum atomic E-state index is 2.50. The Morgan fingerprint density at radius 2 is 1.20 bits per heavy atom. The molecule has 0 bridgehead atoms. The molecule has 0 aliphatic heterocycles. The van der Waals surface area contributed by atoms with Crippen molar-refractivity contribution < 1.29 is 0 Å². The molecule has 0 aromatic rings. The lowest BCUT2D eigenvalue weighted by Gasteiger charge is -2.42. The molecule has 0 aliphatic rings. The number of nitrogens with zero attached hydrogens (tertiary/aromatic N) is 1. The minimum absolute atomic E-state index is 0.268. The summed E-state index contributed by atoms with van der Waals surface area (Å²) in [6, 6.07) is 0.641. The van der Waals surface area contributed by atoms with Crippen LogP contribution >= 0.6 is 0 Å². The smallest absolute Gasteiger partial charge is 0.0124 e. The average molecular weight is 213 g/mol. The van der Waals surface area contributed by atoms with Crippen molar-refractivity contribution in [2.75, 3.05) is 7.05 Å². The molecule has 0 radical (unpaired) electrons. The van der Waals surface area contributed by atoms with Crippen molar-refractivity contribution in [1.82, 2.24) is 4.90 Å². The molecule has 0 saturated heterocycles. The lowest BCUT2D eigenvalue weighted by Crippen LogP contribution is -2.48. The van der Waals surface area contributed by atoms with E-state index < -0.39 is 0 Å². The van der Waals surface area contributed by atoms with Crippen LogP contribution in [-0.2, 0) is 0 Å². The van der Waals surface area contributed by atoms with Gasteiger partial charge < -0.3 is 0 Å². The molecule has 0 N–H and O–H groups in total. The van der Waals surface area contributed by atoms with Crippen LogP contribution in [0.1, 0.15) is 55.4 Å². The van der Waals surface area contributed by atoms with Crippen LogP contribution < -0.4 is 0 Å². The van der Waals surface area contributed by atoms with Gasteiger partial charge in [-0.3, -0.25) is 4.90 Å². The first-order chi connectivity index (χ1) is 6.59. The minimum Gasteiger partial charge on any atom is -0.299 e. The Morgan fingerprint density at radius 1 is 0.800 bits per heavy atom. The first-order valence-corrected chi connectivity index (χ1v) is 6.32. The summed E-state index contributed by atoms with van der Waals surface area (Å²) < 4.78 is 0. The summed E-state index contributed by atoms with van der Waals surface area (Å²) in [6.07, 6.45) is 0. The Balaban J connectivity index is 4.51. The van der Waals surface area contributed by atoms with Crippen LogP contribution in [0.15, 0.2) is 0 Å². The molecule has 0 fully saturated rings. The Hall–Kier alpha value is -0.0400. The van der Waals surface area contributed by atoms with Gasteiger partial charge in [0.1, 0.15) is 0 Å². The molecule has 1 heteroatoms. The maximum Gasteiger partial charge on any atom is 0.0124 e. The van der Waals surface area contributed by atoms with Gasteiger partial charge in [-0.2, -0.15) is 0 Å². The fraction of sp³-hybridized carbons (Fsp3) is 1.00. The van der Waals surface area contributed by atoms with Gasteiger partial charge in [0.2, 0.25) is 0 Å². The van der Waals surface area contributed by atoms with Crippen LogP contribution in [-0.4, -0.2) is 23.5 Å². The minimum atomic E-state index is 0.268. The van der Waals surface area contributed by atoms with Gasteiger partial charge in [-0.1, -0.05) is 27.7 Å². The van der Waals surface area contributed by atoms with E-state index in [9.17, 15) is 0 Å². The quantitative estimate of drug-likeness (QED) is 0.681. The van der Waals surface area contributed by atoms with E-state index >= 15 is 0 Å². The number of hydrogen-bond acceptors (Lipinski definition) is 1. The molecule has 0 amide bonds. The van der Waals surface area contributed by atoms with Crippen molar-refractivity contribution in [3.8, 4) is 0 Å². The summed E-state index contributed by atoms with van der Waals surface area (Å²) in [7, 11) is 2.24. The lowest BCUT2D eigenvalue weighted by atomic mass is 9.81. The van der Waals surface area contributed by atoms with Gasteiger partial charge in [-0.15, -0.1) is 0 Å². The zero-order valence-electron chi connectivity index (χ0n) is 12.3. The summed E-state index contributed by atoms with van der Waals surface area (Å²) >= 11 is 0. The van der Waals surface area contributed by atoms with E-state index in [2.05, 4.69) is 67.3 Å². The van der Waals surface area contributed by atoms with E-state index in [1.54, 1.807) is 0 Å². The highest BCUT2D eigenvalue weighted by Crippen LogP contribution is 2.28. The van der Waals surface area contributed by atoms with E-state index in [4.69, 9.17) is 0 Å². The van der Waals surface area contributed by atoms with Crippen molar-refractivity contribution in [2.24, 2.45) is 17.8 Å². The Labute approximate surface area is 97.2 Å². The standard InChI is InChI=1S/C14H31N/c1-10(2)11(3)12(4)13(5)15(9)14(6,7)8/h10-13H,1-9H3. The average Bonchev–Trinajstić information content (AvgIpc) is 2.11. The molecule has 0 aromatic heterocycles. The van der Waals surface area contributed by atoms with Crippen molar-refractivity contribution in [1.29, 1.82) is 0 Å². The first-order valence-electron chi connectivity index (χ1n) is 6.32. The Bertz CT molecular complexity index is 178. The van der Waals surface area contributed by atoms with Crippen LogP contribution in [0.3, 0.4) is 0 Å². The molecule has 0 saturated carbocycles. The summed E-state index contributed by atoms with van der Waals surface area (Å²) in [5.41, 5.74) is 0.268. The molecular weight excluding hydrogens is 182 g/mol. The summed E-state index contributed by atoms with van der Waals surface area (Å²) in [6.45, 7) is 18.6. The molecule has 15 heavy (non-hydrogen) atoms. The predicted octanol–water partition coefficient (Wildman–Crippen LogP) is 4.03. The van der Waals surface area contributed by atoms with Crippen LogP contribution in [0, 0.1) is 17.8 Å². The molecule has 3 atom stereocenters. The maximum absolute atomic E-state index is 2.50. The van der Waals surface area contributed by atoms with Crippen LogP contribution in [0.2, 0.25) is 0 Å². The Morgan fingerprint density at radius 3 is 1.47 bits per heavy atom. The second-order valence-electron chi connectivity index (χ2n) is 6.48. The fourth-order valence-corrected chi connectivity index (χ4v) is 2.01. The molecule has 1 nitrogen and oxygen atoms in total. The first kappa shape index (κ1) is 15.0. The molecule has 0 spiro atoms. The van der Waals surface area contributed by atoms with Crippen molar-refractivity contribution in [2.45, 2.75) is 67.0 Å². The second kappa shape index (κ2) is 5.34. The van der Waals surface area contributed by atoms with Gasteiger partial charge in [-0.25, -0.2) is 0 Å².